The fourth-order valence-electron chi connectivity index (χ4n) is 3.41. The first kappa shape index (κ1) is 22.0. The molecule has 11 heteroatoms. The lowest BCUT2D eigenvalue weighted by molar-refractivity contribution is -0.118. The molecule has 2 aromatic heterocycles. The zero-order valence-electron chi connectivity index (χ0n) is 18.3. The van der Waals surface area contributed by atoms with Crippen molar-refractivity contribution in [3.63, 3.8) is 0 Å². The molecular weight excluding hydrogens is 434 g/mol. The largest absolute Gasteiger partial charge is 0.495 e. The molecule has 1 aliphatic carbocycles. The standard InChI is InChI=1S/C21H25N5O5S/c1-12-9-13(2)22-20-19(12)21(24-26(20)3)31-11-18(27)23-16-10-15(7-8-17(16)30-4)32(28,29)25-14-5-6-14/h7-10,14,25H,5-6,11H2,1-4H3,(H,23,27). The molecule has 10 nitrogen and oxygen atoms in total. The number of carbonyl (C=O) groups excluding carboxylic acids is 1. The van der Waals surface area contributed by atoms with E-state index >= 15 is 0 Å². The van der Waals surface area contributed by atoms with Crippen LogP contribution in [0.5, 0.6) is 11.6 Å². The van der Waals surface area contributed by atoms with E-state index in [1.54, 1.807) is 11.7 Å². The van der Waals surface area contributed by atoms with Crippen LogP contribution in [-0.2, 0) is 21.9 Å². The third kappa shape index (κ3) is 4.53. The summed E-state index contributed by atoms with van der Waals surface area (Å²) in [7, 11) is -0.475. The van der Waals surface area contributed by atoms with E-state index in [0.29, 0.717) is 17.3 Å². The molecule has 2 N–H and O–H groups in total. The monoisotopic (exact) mass is 459 g/mol. The molecule has 0 spiro atoms. The fraction of sp³-hybridized carbons (Fsp3) is 0.381. The molecule has 1 aliphatic rings. The minimum absolute atomic E-state index is 0.0246. The van der Waals surface area contributed by atoms with Crippen molar-refractivity contribution in [2.24, 2.45) is 7.05 Å². The molecule has 0 aliphatic heterocycles. The van der Waals surface area contributed by atoms with E-state index in [9.17, 15) is 13.2 Å². The van der Waals surface area contributed by atoms with Gasteiger partial charge in [0.2, 0.25) is 15.9 Å². The summed E-state index contributed by atoms with van der Waals surface area (Å²) in [6, 6.07) is 6.20. The molecule has 3 aromatic rings. The number of aromatic nitrogens is 3. The minimum Gasteiger partial charge on any atom is -0.495 e. The number of methoxy groups -OCH3 is 1. The first-order chi connectivity index (χ1) is 15.2. The van der Waals surface area contributed by atoms with Crippen LogP contribution in [0.4, 0.5) is 5.69 Å². The molecule has 0 bridgehead atoms. The van der Waals surface area contributed by atoms with Crippen molar-refractivity contribution in [2.75, 3.05) is 19.0 Å². The van der Waals surface area contributed by atoms with Gasteiger partial charge in [-0.1, -0.05) is 0 Å². The summed E-state index contributed by atoms with van der Waals surface area (Å²) in [5, 5.41) is 7.72. The number of carbonyl (C=O) groups is 1. The van der Waals surface area contributed by atoms with Crippen LogP contribution >= 0.6 is 0 Å². The number of hydrogen-bond acceptors (Lipinski definition) is 7. The van der Waals surface area contributed by atoms with E-state index in [4.69, 9.17) is 9.47 Å². The lowest BCUT2D eigenvalue weighted by Crippen LogP contribution is -2.26. The molecule has 1 aromatic carbocycles. The predicted molar refractivity (Wildman–Crippen MR) is 118 cm³/mol. The summed E-state index contributed by atoms with van der Waals surface area (Å²) in [4.78, 5) is 17.1. The van der Waals surface area contributed by atoms with Gasteiger partial charge in [0.15, 0.2) is 12.3 Å². The van der Waals surface area contributed by atoms with Crippen LogP contribution < -0.4 is 19.5 Å². The van der Waals surface area contributed by atoms with E-state index in [2.05, 4.69) is 20.1 Å². The summed E-state index contributed by atoms with van der Waals surface area (Å²) in [6.45, 7) is 3.51. The Hall–Kier alpha value is -3.18. The van der Waals surface area contributed by atoms with Gasteiger partial charge in [-0.25, -0.2) is 22.8 Å². The molecule has 170 valence electrons. The third-order valence-electron chi connectivity index (χ3n) is 5.08. The Kier molecular flexibility index (Phi) is 5.78. The number of nitrogens with zero attached hydrogens (tertiary/aromatic N) is 3. The van der Waals surface area contributed by atoms with Gasteiger partial charge in [0.05, 0.1) is 23.1 Å². The number of aryl methyl sites for hydroxylation is 3. The predicted octanol–water partition coefficient (Wildman–Crippen LogP) is 2.05. The highest BCUT2D eigenvalue weighted by atomic mass is 32.2. The van der Waals surface area contributed by atoms with Crippen molar-refractivity contribution in [1.29, 1.82) is 0 Å². The summed E-state index contributed by atoms with van der Waals surface area (Å²) < 4.78 is 40.2. The number of benzene rings is 1. The van der Waals surface area contributed by atoms with E-state index in [1.807, 2.05) is 19.9 Å². The Labute approximate surface area is 186 Å². The number of rotatable bonds is 8. The quantitative estimate of drug-likeness (QED) is 0.528. The molecular formula is C21H25N5O5S. The molecule has 4 rings (SSSR count). The van der Waals surface area contributed by atoms with Crippen molar-refractivity contribution < 1.29 is 22.7 Å². The van der Waals surface area contributed by atoms with Gasteiger partial charge in [0, 0.05) is 18.8 Å². The van der Waals surface area contributed by atoms with Gasteiger partial charge < -0.3 is 14.8 Å². The maximum absolute atomic E-state index is 12.6. The van der Waals surface area contributed by atoms with Crippen molar-refractivity contribution in [1.82, 2.24) is 19.5 Å². The maximum atomic E-state index is 12.6. The number of nitrogens with one attached hydrogen (secondary N) is 2. The Morgan fingerprint density at radius 2 is 2.00 bits per heavy atom. The van der Waals surface area contributed by atoms with Gasteiger partial charge in [-0.05, 0) is 56.5 Å². The van der Waals surface area contributed by atoms with E-state index < -0.39 is 15.9 Å². The van der Waals surface area contributed by atoms with Crippen molar-refractivity contribution in [2.45, 2.75) is 37.6 Å². The second-order valence-electron chi connectivity index (χ2n) is 7.80. The van der Waals surface area contributed by atoms with Crippen molar-refractivity contribution in [3.05, 3.63) is 35.5 Å². The Morgan fingerprint density at radius 3 is 2.69 bits per heavy atom. The molecule has 0 unspecified atom stereocenters. The number of hydrogen-bond donors (Lipinski definition) is 2. The highest BCUT2D eigenvalue weighted by molar-refractivity contribution is 7.89. The zero-order chi connectivity index (χ0) is 23.0. The van der Waals surface area contributed by atoms with Crippen LogP contribution in [0.2, 0.25) is 0 Å². The lowest BCUT2D eigenvalue weighted by Gasteiger charge is -2.13. The molecule has 1 fully saturated rings. The summed E-state index contributed by atoms with van der Waals surface area (Å²) in [5.74, 6) is 0.159. The second kappa shape index (κ2) is 8.40. The topological polar surface area (TPSA) is 124 Å². The van der Waals surface area contributed by atoms with Crippen LogP contribution in [0.3, 0.4) is 0 Å². The lowest BCUT2D eigenvalue weighted by atomic mass is 10.2. The highest BCUT2D eigenvalue weighted by Gasteiger charge is 2.28. The molecule has 1 amide bonds. The first-order valence-corrected chi connectivity index (χ1v) is 11.6. The number of anilines is 1. The van der Waals surface area contributed by atoms with E-state index in [0.717, 1.165) is 29.5 Å². The SMILES string of the molecule is COc1ccc(S(=O)(=O)NC2CC2)cc1NC(=O)COc1nn(C)c2nc(C)cc(C)c12. The number of amides is 1. The number of pyridine rings is 1. The average molecular weight is 460 g/mol. The minimum atomic E-state index is -3.67. The summed E-state index contributed by atoms with van der Waals surface area (Å²) in [5.41, 5.74) is 2.71. The first-order valence-electron chi connectivity index (χ1n) is 10.1. The number of sulfonamides is 1. The summed E-state index contributed by atoms with van der Waals surface area (Å²) >= 11 is 0. The van der Waals surface area contributed by atoms with Gasteiger partial charge in [-0.2, -0.15) is 0 Å². The van der Waals surface area contributed by atoms with Gasteiger partial charge in [-0.15, -0.1) is 5.10 Å². The van der Waals surface area contributed by atoms with E-state index in [1.165, 1.54) is 25.3 Å². The number of fused-ring (bicyclic) bond motifs is 1. The zero-order valence-corrected chi connectivity index (χ0v) is 19.1. The van der Waals surface area contributed by atoms with Crippen LogP contribution in [-0.4, -0.2) is 48.8 Å². The van der Waals surface area contributed by atoms with Gasteiger partial charge in [0.25, 0.3) is 5.91 Å². The van der Waals surface area contributed by atoms with Crippen LogP contribution in [0, 0.1) is 13.8 Å². The molecule has 0 saturated heterocycles. The van der Waals surface area contributed by atoms with Crippen molar-refractivity contribution >= 4 is 32.7 Å². The van der Waals surface area contributed by atoms with E-state index in [-0.39, 0.29) is 23.2 Å². The third-order valence-corrected chi connectivity index (χ3v) is 6.60. The highest BCUT2D eigenvalue weighted by Crippen LogP contribution is 2.30. The molecule has 2 heterocycles. The smallest absolute Gasteiger partial charge is 0.262 e. The average Bonchev–Trinajstić information content (AvgIpc) is 3.47. The maximum Gasteiger partial charge on any atom is 0.262 e. The second-order valence-corrected chi connectivity index (χ2v) is 9.52. The normalized spacial score (nSPS) is 13.9. The van der Waals surface area contributed by atoms with Gasteiger partial charge >= 0.3 is 0 Å². The van der Waals surface area contributed by atoms with Crippen molar-refractivity contribution in [3.8, 4) is 11.6 Å². The Balaban J connectivity index is 1.51. The molecule has 32 heavy (non-hydrogen) atoms. The molecule has 0 atom stereocenters. The molecule has 1 saturated carbocycles. The van der Waals surface area contributed by atoms with Gasteiger partial charge in [0.1, 0.15) is 5.75 Å². The fourth-order valence-corrected chi connectivity index (χ4v) is 4.74. The van der Waals surface area contributed by atoms with Crippen LogP contribution in [0.15, 0.2) is 29.2 Å². The number of ether oxygens (including phenoxy) is 2. The molecule has 0 radical (unpaired) electrons. The summed E-state index contributed by atoms with van der Waals surface area (Å²) in [6.07, 6.45) is 1.65. The van der Waals surface area contributed by atoms with Gasteiger partial charge in [-0.3, -0.25) is 4.79 Å². The van der Waals surface area contributed by atoms with Crippen LogP contribution in [0.25, 0.3) is 11.0 Å². The Morgan fingerprint density at radius 1 is 1.25 bits per heavy atom. The Bertz CT molecular complexity index is 1300. The van der Waals surface area contributed by atoms with Crippen LogP contribution in [0.1, 0.15) is 24.1 Å².